The zero-order valence-corrected chi connectivity index (χ0v) is 19.8. The fourth-order valence-electron chi connectivity index (χ4n) is 3.10. The number of carbonyl (C=O) groups excluding carboxylic acids is 2. The van der Waals surface area contributed by atoms with E-state index in [1.165, 1.54) is 23.1 Å². The van der Waals surface area contributed by atoms with Crippen molar-refractivity contribution in [1.29, 1.82) is 0 Å². The molecule has 2 aromatic rings. The normalized spacial score (nSPS) is 10.9. The van der Waals surface area contributed by atoms with E-state index in [0.717, 1.165) is 18.5 Å². The molecule has 0 heterocycles. The molecule has 0 saturated carbocycles. The van der Waals surface area contributed by atoms with E-state index in [-0.39, 0.29) is 25.4 Å². The Balaban J connectivity index is 2.15. The third-order valence-corrected chi connectivity index (χ3v) is 4.80. The van der Waals surface area contributed by atoms with Crippen LogP contribution < -0.4 is 4.74 Å². The van der Waals surface area contributed by atoms with Crippen LogP contribution in [0.4, 0.5) is 5.69 Å². The van der Waals surface area contributed by atoms with E-state index in [0.29, 0.717) is 17.9 Å². The highest BCUT2D eigenvalue weighted by atomic mass is 16.6. The maximum atomic E-state index is 13.0. The number of hydrogen-bond acceptors (Lipinski definition) is 7. The molecule has 1 amide bonds. The van der Waals surface area contributed by atoms with Gasteiger partial charge in [-0.1, -0.05) is 18.2 Å². The van der Waals surface area contributed by atoms with Gasteiger partial charge in [-0.25, -0.2) is 0 Å². The number of nitro benzene ring substituents is 1. The second kappa shape index (κ2) is 13.7. The van der Waals surface area contributed by atoms with Crippen LogP contribution in [0.25, 0.3) is 6.08 Å². The first kappa shape index (κ1) is 26.5. The second-order valence-corrected chi connectivity index (χ2v) is 7.79. The summed E-state index contributed by atoms with van der Waals surface area (Å²) in [4.78, 5) is 38.9. The maximum absolute atomic E-state index is 13.0. The Morgan fingerprint density at radius 1 is 1.09 bits per heavy atom. The van der Waals surface area contributed by atoms with E-state index < -0.39 is 16.8 Å². The Morgan fingerprint density at radius 2 is 1.79 bits per heavy atom. The number of esters is 1. The monoisotopic (exact) mass is 469 g/mol. The molecule has 2 aromatic carbocycles. The molecule has 0 bridgehead atoms. The van der Waals surface area contributed by atoms with Gasteiger partial charge in [-0.3, -0.25) is 19.7 Å². The minimum Gasteiger partial charge on any atom is -0.493 e. The third-order valence-electron chi connectivity index (χ3n) is 4.80. The Bertz CT molecular complexity index is 988. The highest BCUT2D eigenvalue weighted by molar-refractivity contribution is 5.93. The maximum Gasteiger partial charge on any atom is 0.325 e. The lowest BCUT2D eigenvalue weighted by molar-refractivity contribution is -0.384. The van der Waals surface area contributed by atoms with E-state index in [9.17, 15) is 19.7 Å². The molecule has 0 unspecified atom stereocenters. The smallest absolute Gasteiger partial charge is 0.325 e. The summed E-state index contributed by atoms with van der Waals surface area (Å²) in [6.45, 7) is 3.28. The molecule has 0 aliphatic rings. The minimum atomic E-state index is -0.510. The lowest BCUT2D eigenvalue weighted by atomic mass is 10.1. The van der Waals surface area contributed by atoms with Crippen molar-refractivity contribution in [3.63, 3.8) is 0 Å². The van der Waals surface area contributed by atoms with Crippen LogP contribution >= 0.6 is 0 Å². The van der Waals surface area contributed by atoms with Crippen LogP contribution in [0.1, 0.15) is 24.5 Å². The molecule has 9 nitrogen and oxygen atoms in total. The van der Waals surface area contributed by atoms with Crippen molar-refractivity contribution >= 4 is 23.6 Å². The molecule has 0 atom stereocenters. The molecule has 0 aromatic heterocycles. The lowest BCUT2D eigenvalue weighted by Gasteiger charge is -2.22. The average Bonchev–Trinajstić information content (AvgIpc) is 2.81. The van der Waals surface area contributed by atoms with Crippen LogP contribution in [0.2, 0.25) is 0 Å². The predicted octanol–water partition coefficient (Wildman–Crippen LogP) is 3.53. The summed E-state index contributed by atoms with van der Waals surface area (Å²) in [6, 6.07) is 13.2. The van der Waals surface area contributed by atoms with Gasteiger partial charge in [-0.15, -0.1) is 0 Å². The van der Waals surface area contributed by atoms with Crippen molar-refractivity contribution in [2.24, 2.45) is 0 Å². The van der Waals surface area contributed by atoms with Crippen LogP contribution in [0.5, 0.6) is 5.75 Å². The molecular formula is C25H31N3O6. The Hall–Kier alpha value is -3.72. The van der Waals surface area contributed by atoms with Crippen LogP contribution in [-0.2, 0) is 20.9 Å². The number of nitro groups is 1. The van der Waals surface area contributed by atoms with Gasteiger partial charge in [-0.2, -0.15) is 0 Å². The molecule has 0 N–H and O–H groups in total. The Kier molecular flexibility index (Phi) is 10.7. The van der Waals surface area contributed by atoms with Gasteiger partial charge in [0.1, 0.15) is 12.3 Å². The molecule has 0 radical (unpaired) electrons. The van der Waals surface area contributed by atoms with E-state index in [1.807, 2.05) is 38.4 Å². The van der Waals surface area contributed by atoms with E-state index in [4.69, 9.17) is 9.47 Å². The van der Waals surface area contributed by atoms with Gasteiger partial charge < -0.3 is 19.3 Å². The number of benzene rings is 2. The first-order chi connectivity index (χ1) is 16.3. The standard InChI is InChI=1S/C25H31N3O6/c1-4-33-25(30)19-27(24(29)15-12-20-10-13-22(14-11-20)28(31)32)18-21-8-5-6-9-23(21)34-17-7-16-26(2)3/h5-6,8-15H,4,7,16-19H2,1-3H3. The van der Waals surface area contributed by atoms with Crippen LogP contribution in [0, 0.1) is 10.1 Å². The molecule has 9 heteroatoms. The minimum absolute atomic E-state index is 0.0328. The van der Waals surface area contributed by atoms with Crippen molar-refractivity contribution in [2.45, 2.75) is 19.9 Å². The van der Waals surface area contributed by atoms with Gasteiger partial charge >= 0.3 is 5.97 Å². The predicted molar refractivity (Wildman–Crippen MR) is 129 cm³/mol. The number of carbonyl (C=O) groups is 2. The fraction of sp³-hybridized carbons (Fsp3) is 0.360. The van der Waals surface area contributed by atoms with E-state index >= 15 is 0 Å². The summed E-state index contributed by atoms with van der Waals surface area (Å²) in [5, 5.41) is 10.8. The van der Waals surface area contributed by atoms with Crippen LogP contribution in [-0.4, -0.2) is 67.0 Å². The number of non-ortho nitro benzene ring substituents is 1. The molecule has 0 saturated heterocycles. The van der Waals surface area contributed by atoms with Crippen molar-refractivity contribution in [3.05, 3.63) is 75.8 Å². The van der Waals surface area contributed by atoms with Crippen LogP contribution in [0.3, 0.4) is 0 Å². The molecule has 2 rings (SSSR count). The molecule has 34 heavy (non-hydrogen) atoms. The number of ether oxygens (including phenoxy) is 2. The van der Waals surface area contributed by atoms with Gasteiger partial charge in [0.2, 0.25) is 5.91 Å². The fourth-order valence-corrected chi connectivity index (χ4v) is 3.10. The zero-order chi connectivity index (χ0) is 24.9. The second-order valence-electron chi connectivity index (χ2n) is 7.79. The van der Waals surface area contributed by atoms with Crippen molar-refractivity contribution < 1.29 is 24.0 Å². The molecule has 0 aliphatic carbocycles. The summed E-state index contributed by atoms with van der Waals surface area (Å²) in [6.07, 6.45) is 3.74. The summed E-state index contributed by atoms with van der Waals surface area (Å²) >= 11 is 0. The molecule has 182 valence electrons. The van der Waals surface area contributed by atoms with Crippen molar-refractivity contribution in [3.8, 4) is 5.75 Å². The largest absolute Gasteiger partial charge is 0.493 e. The highest BCUT2D eigenvalue weighted by Crippen LogP contribution is 2.21. The van der Waals surface area contributed by atoms with Gasteiger partial charge in [0.25, 0.3) is 5.69 Å². The number of hydrogen-bond donors (Lipinski definition) is 0. The highest BCUT2D eigenvalue weighted by Gasteiger charge is 2.18. The SMILES string of the molecule is CCOC(=O)CN(Cc1ccccc1OCCCN(C)C)C(=O)C=Cc1ccc([N+](=O)[O-])cc1. The van der Waals surface area contributed by atoms with Gasteiger partial charge in [-0.05, 0) is 57.3 Å². The first-order valence-electron chi connectivity index (χ1n) is 11.0. The van der Waals surface area contributed by atoms with Crippen LogP contribution in [0.15, 0.2) is 54.6 Å². The number of rotatable bonds is 13. The number of nitrogens with zero attached hydrogens (tertiary/aromatic N) is 3. The van der Waals surface area contributed by atoms with Crippen molar-refractivity contribution in [2.75, 3.05) is 40.4 Å². The average molecular weight is 470 g/mol. The molecule has 0 fully saturated rings. The lowest BCUT2D eigenvalue weighted by Crippen LogP contribution is -2.35. The molecule has 0 spiro atoms. The molecule has 0 aliphatic heterocycles. The zero-order valence-electron chi connectivity index (χ0n) is 19.8. The van der Waals surface area contributed by atoms with Gasteiger partial charge in [0, 0.05) is 30.3 Å². The number of amides is 1. The van der Waals surface area contributed by atoms with E-state index in [1.54, 1.807) is 25.1 Å². The Morgan fingerprint density at radius 3 is 2.44 bits per heavy atom. The van der Waals surface area contributed by atoms with Crippen molar-refractivity contribution in [1.82, 2.24) is 9.80 Å². The quantitative estimate of drug-likeness (QED) is 0.145. The Labute approximate surface area is 199 Å². The summed E-state index contributed by atoms with van der Waals surface area (Å²) < 4.78 is 11.0. The first-order valence-corrected chi connectivity index (χ1v) is 11.0. The summed E-state index contributed by atoms with van der Waals surface area (Å²) in [5.74, 6) is -0.250. The summed E-state index contributed by atoms with van der Waals surface area (Å²) in [7, 11) is 3.99. The molecular weight excluding hydrogens is 438 g/mol. The van der Waals surface area contributed by atoms with E-state index in [2.05, 4.69) is 4.90 Å². The van der Waals surface area contributed by atoms with Gasteiger partial charge in [0.15, 0.2) is 0 Å². The third kappa shape index (κ3) is 9.03. The summed E-state index contributed by atoms with van der Waals surface area (Å²) in [5.41, 5.74) is 1.36. The number of para-hydroxylation sites is 1. The van der Waals surface area contributed by atoms with Gasteiger partial charge in [0.05, 0.1) is 24.7 Å². The topological polar surface area (TPSA) is 102 Å².